The molecule has 1 N–H and O–H groups in total. The van der Waals surface area contributed by atoms with Crippen LogP contribution in [0.1, 0.15) is 11.1 Å². The zero-order valence-corrected chi connectivity index (χ0v) is 14.5. The minimum atomic E-state index is -5.10. The molecule has 1 aromatic carbocycles. The van der Waals surface area contributed by atoms with Crippen molar-refractivity contribution in [3.63, 3.8) is 0 Å². The van der Waals surface area contributed by atoms with Gasteiger partial charge in [-0.05, 0) is 12.1 Å². The topological polar surface area (TPSA) is 70.5 Å². The van der Waals surface area contributed by atoms with Crippen LogP contribution in [0.5, 0.6) is 0 Å². The maximum atomic E-state index is 13.2. The first kappa shape index (κ1) is 21.1. The summed E-state index contributed by atoms with van der Waals surface area (Å²) >= 11 is 0. The first-order chi connectivity index (χ1) is 12.8. The summed E-state index contributed by atoms with van der Waals surface area (Å²) in [5.74, 6) is -0.873. The van der Waals surface area contributed by atoms with Gasteiger partial charge in [-0.25, -0.2) is 0 Å². The van der Waals surface area contributed by atoms with E-state index in [2.05, 4.69) is 27.1 Å². The molecule has 6 nitrogen and oxygen atoms in total. The fourth-order valence-electron chi connectivity index (χ4n) is 2.10. The molecule has 1 heterocycles. The van der Waals surface area contributed by atoms with Crippen molar-refractivity contribution < 1.29 is 31.1 Å². The maximum absolute atomic E-state index is 13.2. The first-order valence-corrected chi connectivity index (χ1v) is 7.45. The van der Waals surface area contributed by atoms with E-state index >= 15 is 0 Å². The predicted molar refractivity (Wildman–Crippen MR) is 89.5 cm³/mol. The molecule has 0 aliphatic heterocycles. The lowest BCUT2D eigenvalue weighted by atomic mass is 10.0. The van der Waals surface area contributed by atoms with E-state index in [0.717, 1.165) is 12.5 Å². The molecule has 0 saturated heterocycles. The molecule has 2 aromatic rings. The van der Waals surface area contributed by atoms with Gasteiger partial charge in [-0.2, -0.15) is 36.4 Å². The van der Waals surface area contributed by atoms with Crippen molar-refractivity contribution in [2.75, 3.05) is 19.4 Å². The number of amides is 1. The number of carbonyl (C=O) groups excluding carboxylic acids is 1. The largest absolute Gasteiger partial charge is 0.418 e. The molecule has 0 unspecified atom stereocenters. The summed E-state index contributed by atoms with van der Waals surface area (Å²) < 4.78 is 78.9. The highest BCUT2D eigenvalue weighted by atomic mass is 19.4. The van der Waals surface area contributed by atoms with Crippen LogP contribution in [-0.2, 0) is 17.1 Å². The van der Waals surface area contributed by atoms with Crippen molar-refractivity contribution in [1.82, 2.24) is 15.1 Å². The minimum Gasteiger partial charge on any atom is -0.369 e. The van der Waals surface area contributed by atoms with Crippen LogP contribution in [0.4, 0.5) is 32.0 Å². The van der Waals surface area contributed by atoms with Crippen molar-refractivity contribution in [3.8, 4) is 0 Å². The highest BCUT2D eigenvalue weighted by Crippen LogP contribution is 2.40. The van der Waals surface area contributed by atoms with E-state index in [1.807, 2.05) is 0 Å². The van der Waals surface area contributed by atoms with Gasteiger partial charge in [-0.15, -0.1) is 5.10 Å². The Bertz CT molecular complexity index is 949. The normalized spacial score (nSPS) is 12.4. The zero-order chi connectivity index (χ0) is 21.3. The van der Waals surface area contributed by atoms with Crippen LogP contribution in [0.25, 0.3) is 10.9 Å². The van der Waals surface area contributed by atoms with Gasteiger partial charge in [0.25, 0.3) is 5.91 Å². The fourth-order valence-corrected chi connectivity index (χ4v) is 2.10. The van der Waals surface area contributed by atoms with E-state index in [1.165, 1.54) is 4.90 Å². The Morgan fingerprint density at radius 3 is 2.36 bits per heavy atom. The van der Waals surface area contributed by atoms with Gasteiger partial charge in [-0.1, -0.05) is 6.58 Å². The molecule has 0 atom stereocenters. The van der Waals surface area contributed by atoms with Gasteiger partial charge in [0, 0.05) is 19.5 Å². The Kier molecular flexibility index (Phi) is 5.62. The summed E-state index contributed by atoms with van der Waals surface area (Å²) in [5, 5.41) is 8.51. The fraction of sp³-hybridized carbons (Fsp3) is 0.250. The lowest BCUT2D eigenvalue weighted by Gasteiger charge is -2.16. The molecule has 150 valence electrons. The third kappa shape index (κ3) is 4.75. The monoisotopic (exact) mass is 405 g/mol. The summed E-state index contributed by atoms with van der Waals surface area (Å²) in [6.07, 6.45) is -8.09. The Labute approximate surface area is 154 Å². The number of nitrogens with one attached hydrogen (secondary N) is 1. The van der Waals surface area contributed by atoms with Crippen molar-refractivity contribution in [3.05, 3.63) is 41.7 Å². The van der Waals surface area contributed by atoms with E-state index in [9.17, 15) is 31.1 Å². The maximum Gasteiger partial charge on any atom is 0.418 e. The quantitative estimate of drug-likeness (QED) is 0.364. The minimum absolute atomic E-state index is 0.0395. The van der Waals surface area contributed by atoms with Gasteiger partial charge < -0.3 is 10.2 Å². The van der Waals surface area contributed by atoms with Crippen LogP contribution in [0, 0.1) is 0 Å². The summed E-state index contributed by atoms with van der Waals surface area (Å²) in [7, 11) is 3.18. The molecule has 1 amide bonds. The Hall–Kier alpha value is -3.18. The number of carbonyl (C=O) groups is 1. The molecule has 0 saturated carbocycles. The number of fused-ring (bicyclic) bond motifs is 1. The summed E-state index contributed by atoms with van der Waals surface area (Å²) in [5.41, 5.74) is -4.61. The number of alkyl halides is 6. The van der Waals surface area contributed by atoms with Crippen molar-refractivity contribution in [1.29, 1.82) is 0 Å². The Morgan fingerprint density at radius 1 is 1.18 bits per heavy atom. The molecule has 0 spiro atoms. The Morgan fingerprint density at radius 2 is 1.82 bits per heavy atom. The van der Waals surface area contributed by atoms with Crippen LogP contribution in [0.15, 0.2) is 35.6 Å². The van der Waals surface area contributed by atoms with Crippen molar-refractivity contribution in [2.24, 2.45) is 4.99 Å². The zero-order valence-electron chi connectivity index (χ0n) is 14.5. The van der Waals surface area contributed by atoms with Crippen LogP contribution in [0.2, 0.25) is 0 Å². The smallest absolute Gasteiger partial charge is 0.369 e. The number of halogens is 6. The van der Waals surface area contributed by atoms with E-state index < -0.39 is 40.3 Å². The predicted octanol–water partition coefficient (Wildman–Crippen LogP) is 3.71. The number of nitrogens with zero attached hydrogens (tertiary/aromatic N) is 4. The second-order valence-corrected chi connectivity index (χ2v) is 5.79. The number of rotatable bonds is 4. The SMILES string of the molecule is C=C(Nc1cnnc2c(C(F)(F)F)cc(C(F)(F)F)cc12)C(=O)/N=C/N(C)C. The lowest BCUT2D eigenvalue weighted by molar-refractivity contribution is -0.142. The van der Waals surface area contributed by atoms with Gasteiger partial charge in [0.1, 0.15) is 5.52 Å². The van der Waals surface area contributed by atoms with E-state index in [1.54, 1.807) is 14.1 Å². The van der Waals surface area contributed by atoms with Crippen LogP contribution in [-0.4, -0.2) is 41.4 Å². The number of benzene rings is 1. The van der Waals surface area contributed by atoms with Gasteiger partial charge in [-0.3, -0.25) is 4.79 Å². The molecule has 28 heavy (non-hydrogen) atoms. The van der Waals surface area contributed by atoms with E-state index in [4.69, 9.17) is 0 Å². The third-order valence-corrected chi connectivity index (χ3v) is 3.33. The average molecular weight is 405 g/mol. The summed E-state index contributed by atoms with van der Waals surface area (Å²) in [6, 6.07) is 0.449. The molecule has 0 bridgehead atoms. The first-order valence-electron chi connectivity index (χ1n) is 7.45. The second kappa shape index (κ2) is 7.44. The standard InChI is InChI=1S/C16H13F6N5O/c1-8(14(28)23-7-27(2)3)25-12-6-24-26-13-10(12)4-9(15(17,18)19)5-11(13)16(20,21)22/h4-7H,1H2,2-3H3,(H,25,26)/b23-7+. The summed E-state index contributed by atoms with van der Waals surface area (Å²) in [6.45, 7) is 3.39. The van der Waals surface area contributed by atoms with E-state index in [-0.39, 0.29) is 17.5 Å². The summed E-state index contributed by atoms with van der Waals surface area (Å²) in [4.78, 5) is 16.8. The molecule has 0 fully saturated rings. The van der Waals surface area contributed by atoms with Gasteiger partial charge in [0.15, 0.2) is 0 Å². The Balaban J connectivity index is 2.59. The highest BCUT2D eigenvalue weighted by Gasteiger charge is 2.39. The molecular weight excluding hydrogens is 392 g/mol. The number of hydrogen-bond donors (Lipinski definition) is 1. The highest BCUT2D eigenvalue weighted by molar-refractivity contribution is 6.02. The van der Waals surface area contributed by atoms with Crippen molar-refractivity contribution >= 4 is 28.8 Å². The van der Waals surface area contributed by atoms with Crippen molar-refractivity contribution in [2.45, 2.75) is 12.4 Å². The number of aliphatic imine (C=N–C) groups is 1. The number of aromatic nitrogens is 2. The molecule has 0 aliphatic rings. The molecule has 0 aliphatic carbocycles. The molecule has 2 rings (SSSR count). The second-order valence-electron chi connectivity index (χ2n) is 5.79. The van der Waals surface area contributed by atoms with Crippen LogP contribution < -0.4 is 5.32 Å². The molecular formula is C16H13F6N5O. The van der Waals surface area contributed by atoms with Gasteiger partial charge in [0.05, 0.1) is 35.0 Å². The third-order valence-electron chi connectivity index (χ3n) is 3.33. The van der Waals surface area contributed by atoms with Gasteiger partial charge >= 0.3 is 12.4 Å². The molecule has 1 aromatic heterocycles. The van der Waals surface area contributed by atoms with Gasteiger partial charge in [0.2, 0.25) is 0 Å². The molecule has 0 radical (unpaired) electrons. The number of anilines is 1. The van der Waals surface area contributed by atoms with E-state index in [0.29, 0.717) is 6.07 Å². The lowest BCUT2D eigenvalue weighted by Crippen LogP contribution is -2.15. The number of hydrogen-bond acceptors (Lipinski definition) is 4. The molecule has 12 heteroatoms. The van der Waals surface area contributed by atoms with Crippen LogP contribution >= 0.6 is 0 Å². The van der Waals surface area contributed by atoms with Crippen LogP contribution in [0.3, 0.4) is 0 Å². The average Bonchev–Trinajstić information content (AvgIpc) is 2.57.